The molecule has 3 rings (SSSR count). The smallest absolute Gasteiger partial charge is 0.0994 e. The molecular formula is C16H20N2O. The Morgan fingerprint density at radius 2 is 2.05 bits per heavy atom. The van der Waals surface area contributed by atoms with E-state index in [4.69, 9.17) is 0 Å². The minimum atomic E-state index is -0.770. The SMILES string of the molecule is Cn1cc(C2(O)CCCCC2c2ccccc2)cn1. The Hall–Kier alpha value is -1.61. The van der Waals surface area contributed by atoms with Crippen LogP contribution < -0.4 is 0 Å². The Morgan fingerprint density at radius 3 is 2.74 bits per heavy atom. The van der Waals surface area contributed by atoms with Crippen LogP contribution in [0.4, 0.5) is 0 Å². The molecule has 3 heteroatoms. The molecule has 1 aliphatic carbocycles. The van der Waals surface area contributed by atoms with Gasteiger partial charge in [-0.1, -0.05) is 43.2 Å². The van der Waals surface area contributed by atoms with Crippen LogP contribution in [0, 0.1) is 0 Å². The first kappa shape index (κ1) is 12.4. The summed E-state index contributed by atoms with van der Waals surface area (Å²) in [5, 5.41) is 15.4. The van der Waals surface area contributed by atoms with E-state index in [1.54, 1.807) is 10.9 Å². The molecule has 3 nitrogen and oxygen atoms in total. The summed E-state index contributed by atoms with van der Waals surface area (Å²) in [5.74, 6) is 0.173. The van der Waals surface area contributed by atoms with Crippen LogP contribution in [0.5, 0.6) is 0 Å². The molecule has 0 radical (unpaired) electrons. The molecule has 1 heterocycles. The minimum Gasteiger partial charge on any atom is -0.384 e. The standard InChI is InChI=1S/C16H20N2O/c1-18-12-14(11-17-18)16(19)10-6-5-9-15(16)13-7-3-2-4-8-13/h2-4,7-8,11-12,15,19H,5-6,9-10H2,1H3. The first-order valence-electron chi connectivity index (χ1n) is 6.96. The topological polar surface area (TPSA) is 38.0 Å². The molecule has 0 aliphatic heterocycles. The summed E-state index contributed by atoms with van der Waals surface area (Å²) in [5.41, 5.74) is 1.41. The number of aliphatic hydroxyl groups is 1. The van der Waals surface area contributed by atoms with Gasteiger partial charge in [-0.2, -0.15) is 5.10 Å². The lowest BCUT2D eigenvalue weighted by molar-refractivity contribution is -0.0225. The van der Waals surface area contributed by atoms with Gasteiger partial charge in [0, 0.05) is 24.7 Å². The highest BCUT2D eigenvalue weighted by Gasteiger charge is 2.41. The number of aromatic nitrogens is 2. The van der Waals surface area contributed by atoms with Crippen molar-refractivity contribution in [2.75, 3.05) is 0 Å². The number of rotatable bonds is 2. The van der Waals surface area contributed by atoms with Gasteiger partial charge in [0.1, 0.15) is 0 Å². The van der Waals surface area contributed by atoms with Gasteiger partial charge in [0.15, 0.2) is 0 Å². The van der Waals surface area contributed by atoms with Gasteiger partial charge >= 0.3 is 0 Å². The Kier molecular flexibility index (Phi) is 3.15. The summed E-state index contributed by atoms with van der Waals surface area (Å²) in [4.78, 5) is 0. The Balaban J connectivity index is 2.01. The second-order valence-electron chi connectivity index (χ2n) is 5.54. The van der Waals surface area contributed by atoms with E-state index in [9.17, 15) is 5.11 Å². The van der Waals surface area contributed by atoms with E-state index in [0.29, 0.717) is 0 Å². The fraction of sp³-hybridized carbons (Fsp3) is 0.438. The van der Waals surface area contributed by atoms with Crippen LogP contribution in [-0.2, 0) is 12.6 Å². The van der Waals surface area contributed by atoms with Crippen molar-refractivity contribution in [1.82, 2.24) is 9.78 Å². The highest BCUT2D eigenvalue weighted by molar-refractivity contribution is 5.29. The van der Waals surface area contributed by atoms with Gasteiger partial charge in [0.05, 0.1) is 11.8 Å². The monoisotopic (exact) mass is 256 g/mol. The molecule has 1 aliphatic rings. The normalized spacial score (nSPS) is 27.4. The lowest BCUT2D eigenvalue weighted by Crippen LogP contribution is -2.36. The fourth-order valence-corrected chi connectivity index (χ4v) is 3.27. The van der Waals surface area contributed by atoms with E-state index in [1.807, 2.05) is 31.4 Å². The molecule has 1 saturated carbocycles. The number of benzene rings is 1. The lowest BCUT2D eigenvalue weighted by atomic mass is 9.69. The van der Waals surface area contributed by atoms with Crippen molar-refractivity contribution >= 4 is 0 Å². The third kappa shape index (κ3) is 2.19. The van der Waals surface area contributed by atoms with Crippen LogP contribution in [-0.4, -0.2) is 14.9 Å². The minimum absolute atomic E-state index is 0.173. The van der Waals surface area contributed by atoms with Gasteiger partial charge < -0.3 is 5.11 Å². The van der Waals surface area contributed by atoms with Crippen molar-refractivity contribution in [3.05, 3.63) is 53.9 Å². The summed E-state index contributed by atoms with van der Waals surface area (Å²) in [6, 6.07) is 10.4. The van der Waals surface area contributed by atoms with E-state index in [0.717, 1.165) is 24.8 Å². The first-order chi connectivity index (χ1) is 9.20. The van der Waals surface area contributed by atoms with Crippen molar-refractivity contribution < 1.29 is 5.11 Å². The average molecular weight is 256 g/mol. The van der Waals surface area contributed by atoms with Gasteiger partial charge in [-0.25, -0.2) is 0 Å². The quantitative estimate of drug-likeness (QED) is 0.897. The summed E-state index contributed by atoms with van der Waals surface area (Å²) < 4.78 is 1.77. The van der Waals surface area contributed by atoms with Crippen LogP contribution in [0.15, 0.2) is 42.7 Å². The number of hydrogen-bond donors (Lipinski definition) is 1. The predicted molar refractivity (Wildman–Crippen MR) is 74.8 cm³/mol. The Morgan fingerprint density at radius 1 is 1.26 bits per heavy atom. The molecule has 0 amide bonds. The fourth-order valence-electron chi connectivity index (χ4n) is 3.27. The zero-order valence-corrected chi connectivity index (χ0v) is 11.3. The summed E-state index contributed by atoms with van der Waals surface area (Å²) >= 11 is 0. The molecule has 2 atom stereocenters. The lowest BCUT2D eigenvalue weighted by Gasteiger charge is -2.40. The molecule has 0 bridgehead atoms. The molecule has 0 saturated heterocycles. The van der Waals surface area contributed by atoms with Crippen LogP contribution in [0.1, 0.15) is 42.7 Å². The molecule has 0 spiro atoms. The van der Waals surface area contributed by atoms with Crippen molar-refractivity contribution in [1.29, 1.82) is 0 Å². The van der Waals surface area contributed by atoms with Crippen molar-refractivity contribution in [2.45, 2.75) is 37.2 Å². The zero-order valence-electron chi connectivity index (χ0n) is 11.3. The average Bonchev–Trinajstić information content (AvgIpc) is 2.88. The molecule has 2 unspecified atom stereocenters. The molecule has 19 heavy (non-hydrogen) atoms. The second-order valence-corrected chi connectivity index (χ2v) is 5.54. The van der Waals surface area contributed by atoms with E-state index in [-0.39, 0.29) is 5.92 Å². The summed E-state index contributed by atoms with van der Waals surface area (Å²) in [6.07, 6.45) is 7.87. The van der Waals surface area contributed by atoms with Gasteiger partial charge in [-0.3, -0.25) is 4.68 Å². The Bertz CT molecular complexity index is 549. The van der Waals surface area contributed by atoms with E-state index < -0.39 is 5.60 Å². The third-order valence-corrected chi connectivity index (χ3v) is 4.28. The van der Waals surface area contributed by atoms with Crippen LogP contribution in [0.2, 0.25) is 0 Å². The molecule has 100 valence electrons. The second kappa shape index (κ2) is 4.82. The van der Waals surface area contributed by atoms with Crippen LogP contribution >= 0.6 is 0 Å². The van der Waals surface area contributed by atoms with Gasteiger partial charge in [-0.15, -0.1) is 0 Å². The van der Waals surface area contributed by atoms with Gasteiger partial charge in [-0.05, 0) is 18.4 Å². The first-order valence-corrected chi connectivity index (χ1v) is 6.96. The van der Waals surface area contributed by atoms with Gasteiger partial charge in [0.25, 0.3) is 0 Å². The highest BCUT2D eigenvalue weighted by Crippen LogP contribution is 2.47. The molecule has 2 aromatic rings. The number of nitrogens with zero attached hydrogens (tertiary/aromatic N) is 2. The maximum absolute atomic E-state index is 11.2. The van der Waals surface area contributed by atoms with Gasteiger partial charge in [0.2, 0.25) is 0 Å². The maximum Gasteiger partial charge on any atom is 0.0994 e. The highest BCUT2D eigenvalue weighted by atomic mass is 16.3. The number of aryl methyl sites for hydroxylation is 1. The van der Waals surface area contributed by atoms with Crippen LogP contribution in [0.3, 0.4) is 0 Å². The summed E-state index contributed by atoms with van der Waals surface area (Å²) in [7, 11) is 1.90. The number of hydrogen-bond acceptors (Lipinski definition) is 2. The van der Waals surface area contributed by atoms with Crippen molar-refractivity contribution in [2.24, 2.45) is 7.05 Å². The van der Waals surface area contributed by atoms with E-state index in [1.165, 1.54) is 12.0 Å². The molecule has 1 aromatic carbocycles. The molecule has 1 N–H and O–H groups in total. The van der Waals surface area contributed by atoms with Crippen molar-refractivity contribution in [3.63, 3.8) is 0 Å². The van der Waals surface area contributed by atoms with E-state index in [2.05, 4.69) is 17.2 Å². The van der Waals surface area contributed by atoms with Crippen LogP contribution in [0.25, 0.3) is 0 Å². The zero-order chi connectivity index (χ0) is 13.3. The van der Waals surface area contributed by atoms with Crippen molar-refractivity contribution in [3.8, 4) is 0 Å². The maximum atomic E-state index is 11.2. The molecule has 1 fully saturated rings. The van der Waals surface area contributed by atoms with E-state index >= 15 is 0 Å². The molecular weight excluding hydrogens is 236 g/mol. The third-order valence-electron chi connectivity index (χ3n) is 4.28. The Labute approximate surface area is 113 Å². The molecule has 1 aromatic heterocycles. The predicted octanol–water partition coefficient (Wildman–Crippen LogP) is 2.97. The summed E-state index contributed by atoms with van der Waals surface area (Å²) in [6.45, 7) is 0. The largest absolute Gasteiger partial charge is 0.384 e.